The Balaban J connectivity index is 3.16. The van der Waals surface area contributed by atoms with Crippen molar-refractivity contribution in [3.05, 3.63) is 16.4 Å². The molecular formula is C10H12ClF3N2O2. The van der Waals surface area contributed by atoms with E-state index in [1.54, 1.807) is 6.92 Å². The molecule has 0 aliphatic heterocycles. The molecule has 0 aliphatic carbocycles. The molecule has 0 saturated heterocycles. The van der Waals surface area contributed by atoms with Gasteiger partial charge in [-0.2, -0.15) is 18.3 Å². The third kappa shape index (κ3) is 2.77. The molecule has 0 amide bonds. The summed E-state index contributed by atoms with van der Waals surface area (Å²) in [6, 6.07) is -0.960. The largest absolute Gasteiger partial charge is 0.464 e. The molecule has 1 rings (SSSR count). The van der Waals surface area contributed by atoms with Crippen molar-refractivity contribution in [1.82, 2.24) is 9.78 Å². The molecule has 1 heterocycles. The second kappa shape index (κ2) is 5.17. The van der Waals surface area contributed by atoms with Crippen LogP contribution in [0, 0.1) is 6.92 Å². The zero-order valence-electron chi connectivity index (χ0n) is 10.0. The zero-order chi connectivity index (χ0) is 14.1. The summed E-state index contributed by atoms with van der Waals surface area (Å²) in [6.07, 6.45) is -4.65. The minimum absolute atomic E-state index is 0.0737. The lowest BCUT2D eigenvalue weighted by atomic mass is 10.3. The van der Waals surface area contributed by atoms with Gasteiger partial charge in [0.15, 0.2) is 5.69 Å². The summed E-state index contributed by atoms with van der Waals surface area (Å²) in [5.41, 5.74) is -1.12. The number of halogens is 4. The molecule has 18 heavy (non-hydrogen) atoms. The Morgan fingerprint density at radius 2 is 2.11 bits per heavy atom. The van der Waals surface area contributed by atoms with Gasteiger partial charge >= 0.3 is 12.1 Å². The van der Waals surface area contributed by atoms with Crippen LogP contribution in [0.2, 0.25) is 5.02 Å². The van der Waals surface area contributed by atoms with Crippen molar-refractivity contribution in [3.63, 3.8) is 0 Å². The molecule has 1 aromatic rings. The summed E-state index contributed by atoms with van der Waals surface area (Å²) < 4.78 is 43.4. The van der Waals surface area contributed by atoms with Gasteiger partial charge in [0.2, 0.25) is 0 Å². The number of nitrogens with zero attached hydrogens (tertiary/aromatic N) is 2. The molecule has 0 saturated carbocycles. The molecule has 1 atom stereocenters. The van der Waals surface area contributed by atoms with Crippen LogP contribution in [0.5, 0.6) is 0 Å². The monoisotopic (exact) mass is 284 g/mol. The van der Waals surface area contributed by atoms with Gasteiger partial charge < -0.3 is 4.74 Å². The molecule has 0 fully saturated rings. The van der Waals surface area contributed by atoms with Gasteiger partial charge in [-0.05, 0) is 20.8 Å². The van der Waals surface area contributed by atoms with Crippen molar-refractivity contribution in [1.29, 1.82) is 0 Å². The van der Waals surface area contributed by atoms with Crippen LogP contribution in [-0.2, 0) is 15.7 Å². The van der Waals surface area contributed by atoms with E-state index in [-0.39, 0.29) is 12.3 Å². The second-order valence-electron chi connectivity index (χ2n) is 3.62. The van der Waals surface area contributed by atoms with Gasteiger partial charge in [-0.3, -0.25) is 4.68 Å². The predicted octanol–water partition coefficient (Wildman–Crippen LogP) is 2.99. The Labute approximate surface area is 107 Å². The number of esters is 1. The lowest BCUT2D eigenvalue weighted by Crippen LogP contribution is -2.21. The van der Waals surface area contributed by atoms with Crippen LogP contribution in [0.15, 0.2) is 0 Å². The fraction of sp³-hybridized carbons (Fsp3) is 0.600. The molecule has 8 heteroatoms. The standard InChI is InChI=1S/C10H12ClF3N2O2/c1-4-18-9(17)6(3)16-5(2)7(11)8(15-16)10(12,13)14/h6H,4H2,1-3H3. The molecule has 0 aromatic carbocycles. The first-order valence-corrected chi connectivity index (χ1v) is 5.56. The Morgan fingerprint density at radius 3 is 2.50 bits per heavy atom. The SMILES string of the molecule is CCOC(=O)C(C)n1nc(C(F)(F)F)c(Cl)c1C. The number of rotatable bonds is 3. The van der Waals surface area contributed by atoms with Crippen LogP contribution in [0.4, 0.5) is 13.2 Å². The molecule has 0 spiro atoms. The second-order valence-corrected chi connectivity index (χ2v) is 4.00. The number of carbonyl (C=O) groups is 1. The number of ether oxygens (including phenoxy) is 1. The molecule has 0 bridgehead atoms. The molecule has 0 radical (unpaired) electrons. The average molecular weight is 285 g/mol. The van der Waals surface area contributed by atoms with Crippen LogP contribution in [0.25, 0.3) is 0 Å². The van der Waals surface area contributed by atoms with E-state index in [0.717, 1.165) is 4.68 Å². The first-order chi connectivity index (χ1) is 8.20. The van der Waals surface area contributed by atoms with Gasteiger partial charge in [0.1, 0.15) is 6.04 Å². The summed E-state index contributed by atoms with van der Waals surface area (Å²) in [7, 11) is 0. The van der Waals surface area contributed by atoms with E-state index in [1.807, 2.05) is 0 Å². The summed E-state index contributed by atoms with van der Waals surface area (Å²) in [5, 5.41) is 2.84. The van der Waals surface area contributed by atoms with Crippen molar-refractivity contribution in [3.8, 4) is 0 Å². The number of carbonyl (C=O) groups excluding carboxylic acids is 1. The van der Waals surface area contributed by atoms with Crippen molar-refractivity contribution in [2.45, 2.75) is 33.0 Å². The predicted molar refractivity (Wildman–Crippen MR) is 58.3 cm³/mol. The molecule has 1 unspecified atom stereocenters. The zero-order valence-corrected chi connectivity index (χ0v) is 10.8. The minimum Gasteiger partial charge on any atom is -0.464 e. The Bertz CT molecular complexity index is 457. The summed E-state index contributed by atoms with van der Waals surface area (Å²) >= 11 is 5.57. The Kier molecular flexibility index (Phi) is 4.26. The van der Waals surface area contributed by atoms with E-state index in [2.05, 4.69) is 5.10 Å². The number of alkyl halides is 3. The van der Waals surface area contributed by atoms with Gasteiger partial charge in [-0.1, -0.05) is 11.6 Å². The Morgan fingerprint density at radius 1 is 1.56 bits per heavy atom. The third-order valence-corrected chi connectivity index (χ3v) is 2.79. The van der Waals surface area contributed by atoms with Gasteiger partial charge in [0.05, 0.1) is 17.3 Å². The summed E-state index contributed by atoms with van der Waals surface area (Å²) in [5.74, 6) is -0.659. The highest BCUT2D eigenvalue weighted by molar-refractivity contribution is 6.32. The van der Waals surface area contributed by atoms with E-state index in [9.17, 15) is 18.0 Å². The number of hydrogen-bond donors (Lipinski definition) is 0. The highest BCUT2D eigenvalue weighted by Gasteiger charge is 2.39. The van der Waals surface area contributed by atoms with Gasteiger partial charge in [0, 0.05) is 0 Å². The van der Waals surface area contributed by atoms with Crippen LogP contribution in [0.3, 0.4) is 0 Å². The van der Waals surface area contributed by atoms with Crippen LogP contribution in [0.1, 0.15) is 31.3 Å². The smallest absolute Gasteiger partial charge is 0.436 e. The molecule has 1 aromatic heterocycles. The van der Waals surface area contributed by atoms with E-state index in [0.29, 0.717) is 0 Å². The Hall–Kier alpha value is -1.24. The first kappa shape index (κ1) is 14.8. The van der Waals surface area contributed by atoms with Crippen LogP contribution >= 0.6 is 11.6 Å². The highest BCUT2D eigenvalue weighted by atomic mass is 35.5. The third-order valence-electron chi connectivity index (χ3n) is 2.34. The fourth-order valence-electron chi connectivity index (χ4n) is 1.42. The van der Waals surface area contributed by atoms with Crippen molar-refractivity contribution >= 4 is 17.6 Å². The lowest BCUT2D eigenvalue weighted by Gasteiger charge is -2.12. The molecule has 0 aliphatic rings. The maximum absolute atomic E-state index is 12.6. The maximum Gasteiger partial charge on any atom is 0.436 e. The van der Waals surface area contributed by atoms with Gasteiger partial charge in [-0.25, -0.2) is 4.79 Å². The van der Waals surface area contributed by atoms with Crippen LogP contribution in [-0.4, -0.2) is 22.4 Å². The molecule has 102 valence electrons. The maximum atomic E-state index is 12.6. The van der Waals surface area contributed by atoms with E-state index < -0.39 is 28.9 Å². The molecule has 4 nitrogen and oxygen atoms in total. The van der Waals surface area contributed by atoms with Gasteiger partial charge in [-0.15, -0.1) is 0 Å². The van der Waals surface area contributed by atoms with Crippen molar-refractivity contribution in [2.75, 3.05) is 6.61 Å². The normalized spacial score (nSPS) is 13.5. The average Bonchev–Trinajstić information content (AvgIpc) is 2.55. The van der Waals surface area contributed by atoms with Gasteiger partial charge in [0.25, 0.3) is 0 Å². The number of hydrogen-bond acceptors (Lipinski definition) is 3. The van der Waals surface area contributed by atoms with E-state index in [4.69, 9.17) is 16.3 Å². The number of aromatic nitrogens is 2. The minimum atomic E-state index is -4.65. The fourth-order valence-corrected chi connectivity index (χ4v) is 1.65. The highest BCUT2D eigenvalue weighted by Crippen LogP contribution is 2.36. The van der Waals surface area contributed by atoms with E-state index >= 15 is 0 Å². The first-order valence-electron chi connectivity index (χ1n) is 5.18. The van der Waals surface area contributed by atoms with Crippen LogP contribution < -0.4 is 0 Å². The molecule has 0 N–H and O–H groups in total. The molecular weight excluding hydrogens is 273 g/mol. The quantitative estimate of drug-likeness (QED) is 0.802. The summed E-state index contributed by atoms with van der Waals surface area (Å²) in [4.78, 5) is 11.5. The summed E-state index contributed by atoms with van der Waals surface area (Å²) in [6.45, 7) is 4.51. The van der Waals surface area contributed by atoms with E-state index in [1.165, 1.54) is 13.8 Å². The van der Waals surface area contributed by atoms with Crippen molar-refractivity contribution in [2.24, 2.45) is 0 Å². The lowest BCUT2D eigenvalue weighted by molar-refractivity contribution is -0.148. The topological polar surface area (TPSA) is 44.1 Å². The van der Waals surface area contributed by atoms with Crippen molar-refractivity contribution < 1.29 is 22.7 Å².